The van der Waals surface area contributed by atoms with Gasteiger partial charge in [-0.05, 0) is 103 Å². The number of ether oxygens (including phenoxy) is 6. The molecule has 0 saturated carbocycles. The second-order valence-corrected chi connectivity index (χ2v) is 25.0. The van der Waals surface area contributed by atoms with E-state index >= 15 is 0 Å². The van der Waals surface area contributed by atoms with E-state index in [0.717, 1.165) is 109 Å². The van der Waals surface area contributed by atoms with Crippen molar-refractivity contribution in [2.75, 3.05) is 26.4 Å². The summed E-state index contributed by atoms with van der Waals surface area (Å²) in [6, 6.07) is -0.999. The van der Waals surface area contributed by atoms with E-state index < -0.39 is 124 Å². The van der Waals surface area contributed by atoms with E-state index in [1.807, 2.05) is 6.08 Å². The van der Waals surface area contributed by atoms with Crippen LogP contribution >= 0.6 is 0 Å². The van der Waals surface area contributed by atoms with Crippen LogP contribution in [-0.2, 0) is 33.2 Å². The van der Waals surface area contributed by atoms with E-state index in [-0.39, 0.29) is 18.9 Å². The van der Waals surface area contributed by atoms with Crippen LogP contribution in [0.3, 0.4) is 0 Å². The lowest BCUT2D eigenvalue weighted by atomic mass is 9.96. The highest BCUT2D eigenvalue weighted by Crippen LogP contribution is 2.33. The molecule has 19 heteroatoms. The van der Waals surface area contributed by atoms with Gasteiger partial charge in [-0.1, -0.05) is 231 Å². The van der Waals surface area contributed by atoms with Crippen molar-refractivity contribution in [2.24, 2.45) is 0 Å². The molecule has 0 spiro atoms. The van der Waals surface area contributed by atoms with E-state index in [1.54, 1.807) is 6.08 Å². The van der Waals surface area contributed by atoms with E-state index in [1.165, 1.54) is 64.2 Å². The maximum absolute atomic E-state index is 13.4. The summed E-state index contributed by atoms with van der Waals surface area (Å²) in [6.07, 6.45) is 51.7. The van der Waals surface area contributed by atoms with Gasteiger partial charge in [-0.2, -0.15) is 0 Å². The minimum atomic E-state index is -1.99. The highest BCUT2D eigenvalue weighted by atomic mass is 16.8. The molecule has 19 nitrogen and oxygen atoms in total. The van der Waals surface area contributed by atoms with E-state index in [9.17, 15) is 61.0 Å². The van der Waals surface area contributed by atoms with E-state index in [0.29, 0.717) is 12.8 Å². The van der Waals surface area contributed by atoms with Crippen LogP contribution in [0.25, 0.3) is 0 Å². The van der Waals surface area contributed by atoms with Gasteiger partial charge in [0.2, 0.25) is 5.91 Å². The van der Waals surface area contributed by atoms with Gasteiger partial charge in [0.25, 0.3) is 0 Å². The van der Waals surface area contributed by atoms with Crippen LogP contribution in [-0.4, -0.2) is 193 Å². The molecule has 1 amide bonds. The van der Waals surface area contributed by atoms with Crippen LogP contribution in [0.5, 0.6) is 0 Å². The smallest absolute Gasteiger partial charge is 0.220 e. The van der Waals surface area contributed by atoms with Crippen LogP contribution in [0.2, 0.25) is 0 Å². The fourth-order valence-corrected chi connectivity index (χ4v) is 11.1. The Balaban J connectivity index is 1.32. The third-order valence-corrected chi connectivity index (χ3v) is 16.9. The molecule has 95 heavy (non-hydrogen) atoms. The molecule has 17 atom stereocenters. The van der Waals surface area contributed by atoms with E-state index in [4.69, 9.17) is 28.4 Å². The molecule has 0 aromatic heterocycles. The second kappa shape index (κ2) is 55.8. The van der Waals surface area contributed by atoms with Crippen LogP contribution in [0.1, 0.15) is 206 Å². The van der Waals surface area contributed by atoms with Gasteiger partial charge < -0.3 is 89.9 Å². The van der Waals surface area contributed by atoms with Gasteiger partial charge in [0.15, 0.2) is 18.9 Å². The van der Waals surface area contributed by atoms with Crippen molar-refractivity contribution in [1.82, 2.24) is 5.32 Å². The zero-order valence-corrected chi connectivity index (χ0v) is 57.3. The van der Waals surface area contributed by atoms with Gasteiger partial charge in [-0.15, -0.1) is 0 Å². The fraction of sp³-hybridized carbons (Fsp3) is 0.697. The standard InChI is InChI=1S/C76H125NO18/c1-3-5-7-9-11-13-15-16-17-18-19-20-21-22-23-24-25-26-27-28-29-30-31-32-33-34-35-36-37-38-39-40-41-42-44-46-48-50-52-54-64(82)77-59(60(81)53-51-49-47-45-43-14-12-10-8-6-4-2)58-90-74-70(88)67(85)72(62(56-79)92-74)95-76-71(89)68(86)73(63(57-80)93-76)94-75-69(87)66(84)65(83)61(55-78)91-75/h5,7,11,13,16-17,19-20,22-23,25-26,28-29,31-32,34-35,43,45,51,53,59-63,65-76,78-81,83-89H,3-4,6,8-10,12,14-15,18,21,24,27,30,33,36-42,44,46-50,52,54-58H2,1-2H3,(H,77,82)/b7-5-,13-11-,17-16-,20-19-,23-22-,26-25-,29-28-,32-31-,35-34-,45-43+,53-51+. The minimum Gasteiger partial charge on any atom is -0.394 e. The van der Waals surface area contributed by atoms with Crippen LogP contribution in [0.15, 0.2) is 134 Å². The Morgan fingerprint density at radius 1 is 0.389 bits per heavy atom. The van der Waals surface area contributed by atoms with Gasteiger partial charge in [-0.3, -0.25) is 4.79 Å². The number of allylic oxidation sites excluding steroid dienone is 21. The lowest BCUT2D eigenvalue weighted by Gasteiger charge is -2.48. The molecule has 542 valence electrons. The fourth-order valence-electron chi connectivity index (χ4n) is 11.1. The molecule has 0 radical (unpaired) electrons. The maximum Gasteiger partial charge on any atom is 0.220 e. The Morgan fingerprint density at radius 3 is 1.18 bits per heavy atom. The van der Waals surface area contributed by atoms with Crippen LogP contribution < -0.4 is 5.32 Å². The number of nitrogens with one attached hydrogen (secondary N) is 1. The quantitative estimate of drug-likeness (QED) is 0.0199. The normalized spacial score (nSPS) is 28.0. The number of unbranched alkanes of at least 4 members (excludes halogenated alkanes) is 17. The van der Waals surface area contributed by atoms with E-state index in [2.05, 4.69) is 141 Å². The molecule has 0 aromatic carbocycles. The van der Waals surface area contributed by atoms with Gasteiger partial charge in [0.1, 0.15) is 73.2 Å². The first kappa shape index (κ1) is 85.2. The number of hydrogen-bond acceptors (Lipinski definition) is 18. The summed E-state index contributed by atoms with van der Waals surface area (Å²) in [5, 5.41) is 120. The topological polar surface area (TPSA) is 307 Å². The van der Waals surface area contributed by atoms with Gasteiger partial charge in [0.05, 0.1) is 38.6 Å². The molecule has 0 bridgehead atoms. The first-order chi connectivity index (χ1) is 46.3. The number of carbonyl (C=O) groups excluding carboxylic acids is 1. The SMILES string of the molecule is CC/C=C\C/C=C\C/C=C\C/C=C\C/C=C\C/C=C\C/C=C\C/C=C\C/C=C\CCCCCCCCCCCCCC(=O)NC(COC1OC(CO)C(OC2OC(CO)C(OC3OC(CO)C(O)C(O)C3O)C(O)C2O)C(O)C1O)C(O)/C=C/CC/C=C/CCCCCCC. The molecule has 3 rings (SSSR count). The average molecular weight is 1340 g/mol. The Kier molecular flexibility index (Phi) is 50.0. The first-order valence-electron chi connectivity index (χ1n) is 35.9. The number of carbonyl (C=O) groups is 1. The Morgan fingerprint density at radius 2 is 0.737 bits per heavy atom. The van der Waals surface area contributed by atoms with Crippen molar-refractivity contribution < 1.29 is 89.4 Å². The van der Waals surface area contributed by atoms with Crippen molar-refractivity contribution in [3.05, 3.63) is 134 Å². The van der Waals surface area contributed by atoms with Gasteiger partial charge in [-0.25, -0.2) is 0 Å². The Labute approximate surface area is 569 Å². The third kappa shape index (κ3) is 37.1. The van der Waals surface area contributed by atoms with Gasteiger partial charge in [0, 0.05) is 6.42 Å². The summed E-state index contributed by atoms with van der Waals surface area (Å²) >= 11 is 0. The predicted octanol–water partition coefficient (Wildman–Crippen LogP) is 10.2. The first-order valence-corrected chi connectivity index (χ1v) is 35.9. The molecule has 0 aliphatic carbocycles. The summed E-state index contributed by atoms with van der Waals surface area (Å²) in [5.74, 6) is -0.297. The van der Waals surface area contributed by atoms with Crippen molar-refractivity contribution in [3.63, 3.8) is 0 Å². The number of aliphatic hydroxyl groups excluding tert-OH is 11. The summed E-state index contributed by atoms with van der Waals surface area (Å²) in [7, 11) is 0. The molecule has 3 saturated heterocycles. The molecule has 3 aliphatic rings. The molecular formula is C76H125NO18. The monoisotopic (exact) mass is 1340 g/mol. The zero-order valence-electron chi connectivity index (χ0n) is 57.3. The summed E-state index contributed by atoms with van der Waals surface area (Å²) in [5.41, 5.74) is 0. The molecule has 3 aliphatic heterocycles. The Bertz CT molecular complexity index is 2240. The average Bonchev–Trinajstić information content (AvgIpc) is 0.787. The van der Waals surface area contributed by atoms with Crippen molar-refractivity contribution >= 4 is 5.91 Å². The second-order valence-electron chi connectivity index (χ2n) is 25.0. The largest absolute Gasteiger partial charge is 0.394 e. The van der Waals surface area contributed by atoms with Crippen molar-refractivity contribution in [2.45, 2.75) is 311 Å². The highest BCUT2D eigenvalue weighted by molar-refractivity contribution is 5.76. The molecule has 0 aromatic rings. The molecular weight excluding hydrogens is 1210 g/mol. The minimum absolute atomic E-state index is 0.223. The number of amides is 1. The summed E-state index contributed by atoms with van der Waals surface area (Å²) in [6.45, 7) is 1.53. The highest BCUT2D eigenvalue weighted by Gasteiger charge is 2.53. The predicted molar refractivity (Wildman–Crippen MR) is 373 cm³/mol. The zero-order chi connectivity index (χ0) is 68.9. The molecule has 3 heterocycles. The molecule has 17 unspecified atom stereocenters. The lowest BCUT2D eigenvalue weighted by molar-refractivity contribution is -0.379. The van der Waals surface area contributed by atoms with Crippen LogP contribution in [0.4, 0.5) is 0 Å². The molecule has 3 fully saturated rings. The third-order valence-electron chi connectivity index (χ3n) is 16.9. The summed E-state index contributed by atoms with van der Waals surface area (Å²) in [4.78, 5) is 13.4. The molecule has 12 N–H and O–H groups in total. The number of aliphatic hydroxyl groups is 11. The maximum atomic E-state index is 13.4. The van der Waals surface area contributed by atoms with Crippen LogP contribution in [0, 0.1) is 0 Å². The Hall–Kier alpha value is -4.07. The van der Waals surface area contributed by atoms with Gasteiger partial charge >= 0.3 is 0 Å². The van der Waals surface area contributed by atoms with Crippen molar-refractivity contribution in [3.8, 4) is 0 Å². The number of rotatable bonds is 53. The number of hydrogen-bond donors (Lipinski definition) is 12. The summed E-state index contributed by atoms with van der Waals surface area (Å²) < 4.78 is 34.3. The van der Waals surface area contributed by atoms with Crippen molar-refractivity contribution in [1.29, 1.82) is 0 Å². The lowest BCUT2D eigenvalue weighted by Crippen LogP contribution is -2.66.